The summed E-state index contributed by atoms with van der Waals surface area (Å²) in [5, 5.41) is 3.62. The van der Waals surface area contributed by atoms with Crippen LogP contribution in [0.4, 0.5) is 5.95 Å². The van der Waals surface area contributed by atoms with E-state index in [2.05, 4.69) is 20.2 Å². The van der Waals surface area contributed by atoms with Gasteiger partial charge in [-0.2, -0.15) is 0 Å². The first-order valence-corrected chi connectivity index (χ1v) is 9.77. The molecule has 4 rings (SSSR count). The number of carbonyl (C=O) groups is 1. The molecular weight excluding hydrogens is 372 g/mol. The first-order valence-electron chi connectivity index (χ1n) is 9.39. The molecule has 0 saturated carbocycles. The van der Waals surface area contributed by atoms with Gasteiger partial charge >= 0.3 is 0 Å². The van der Waals surface area contributed by atoms with Gasteiger partial charge in [0.25, 0.3) is 5.91 Å². The van der Waals surface area contributed by atoms with E-state index in [0.29, 0.717) is 17.1 Å². The summed E-state index contributed by atoms with van der Waals surface area (Å²) in [5.41, 5.74) is 3.43. The minimum atomic E-state index is -0.119. The SMILES string of the molecule is O=C(NCc1ccc(Cl)cc1)c1cccc(-c2cnc(N3CCCC3)nc2)c1. The molecule has 1 amide bonds. The Balaban J connectivity index is 1.44. The molecule has 0 unspecified atom stereocenters. The Morgan fingerprint density at radius 2 is 1.71 bits per heavy atom. The van der Waals surface area contributed by atoms with E-state index in [1.54, 1.807) is 6.07 Å². The van der Waals surface area contributed by atoms with Crippen molar-refractivity contribution >= 4 is 23.5 Å². The van der Waals surface area contributed by atoms with Crippen molar-refractivity contribution in [1.29, 1.82) is 0 Å². The molecule has 1 fully saturated rings. The van der Waals surface area contributed by atoms with Gasteiger partial charge in [0.2, 0.25) is 5.95 Å². The van der Waals surface area contributed by atoms with Crippen molar-refractivity contribution in [2.75, 3.05) is 18.0 Å². The average Bonchev–Trinajstić information content (AvgIpc) is 3.28. The molecule has 1 aliphatic heterocycles. The molecule has 0 atom stereocenters. The number of nitrogens with zero attached hydrogens (tertiary/aromatic N) is 3. The van der Waals surface area contributed by atoms with Crippen LogP contribution in [0.3, 0.4) is 0 Å². The van der Waals surface area contributed by atoms with E-state index in [1.165, 1.54) is 12.8 Å². The first kappa shape index (κ1) is 18.4. The van der Waals surface area contributed by atoms with Gasteiger partial charge in [-0.15, -0.1) is 0 Å². The molecule has 6 heteroatoms. The van der Waals surface area contributed by atoms with Gasteiger partial charge in [-0.3, -0.25) is 4.79 Å². The highest BCUT2D eigenvalue weighted by atomic mass is 35.5. The molecule has 28 heavy (non-hydrogen) atoms. The molecule has 0 bridgehead atoms. The lowest BCUT2D eigenvalue weighted by atomic mass is 10.1. The maximum Gasteiger partial charge on any atom is 0.251 e. The van der Waals surface area contributed by atoms with E-state index in [-0.39, 0.29) is 5.91 Å². The number of nitrogens with one attached hydrogen (secondary N) is 1. The molecule has 1 saturated heterocycles. The lowest BCUT2D eigenvalue weighted by Crippen LogP contribution is -2.22. The highest BCUT2D eigenvalue weighted by molar-refractivity contribution is 6.30. The second-order valence-corrected chi connectivity index (χ2v) is 7.29. The zero-order valence-corrected chi connectivity index (χ0v) is 16.2. The Kier molecular flexibility index (Phi) is 5.53. The molecule has 142 valence electrons. The number of carbonyl (C=O) groups excluding carboxylic acids is 1. The van der Waals surface area contributed by atoms with E-state index in [9.17, 15) is 4.79 Å². The Morgan fingerprint density at radius 3 is 2.43 bits per heavy atom. The van der Waals surface area contributed by atoms with Gasteiger partial charge < -0.3 is 10.2 Å². The molecule has 3 aromatic rings. The fraction of sp³-hybridized carbons (Fsp3) is 0.227. The van der Waals surface area contributed by atoms with Crippen LogP contribution in [0.25, 0.3) is 11.1 Å². The van der Waals surface area contributed by atoms with Crippen molar-refractivity contribution in [2.24, 2.45) is 0 Å². The number of benzene rings is 2. The van der Waals surface area contributed by atoms with Crippen molar-refractivity contribution in [3.8, 4) is 11.1 Å². The number of anilines is 1. The Labute approximate surface area is 169 Å². The van der Waals surface area contributed by atoms with Gasteiger partial charge in [0.05, 0.1) is 0 Å². The van der Waals surface area contributed by atoms with Crippen LogP contribution in [-0.2, 0) is 6.54 Å². The zero-order valence-electron chi connectivity index (χ0n) is 15.4. The van der Waals surface area contributed by atoms with E-state index in [0.717, 1.165) is 35.7 Å². The second-order valence-electron chi connectivity index (χ2n) is 6.86. The Bertz CT molecular complexity index is 951. The zero-order chi connectivity index (χ0) is 19.3. The van der Waals surface area contributed by atoms with Crippen LogP contribution in [-0.4, -0.2) is 29.0 Å². The summed E-state index contributed by atoms with van der Waals surface area (Å²) in [6.45, 7) is 2.49. The van der Waals surface area contributed by atoms with Crippen molar-refractivity contribution in [3.63, 3.8) is 0 Å². The monoisotopic (exact) mass is 392 g/mol. The molecule has 5 nitrogen and oxygen atoms in total. The number of rotatable bonds is 5. The van der Waals surface area contributed by atoms with Gasteiger partial charge in [-0.25, -0.2) is 9.97 Å². The maximum absolute atomic E-state index is 12.5. The predicted molar refractivity (Wildman–Crippen MR) is 112 cm³/mol. The summed E-state index contributed by atoms with van der Waals surface area (Å²) in [7, 11) is 0. The van der Waals surface area contributed by atoms with Gasteiger partial charge in [-0.05, 0) is 48.2 Å². The predicted octanol–water partition coefficient (Wildman–Crippen LogP) is 4.33. The smallest absolute Gasteiger partial charge is 0.251 e. The summed E-state index contributed by atoms with van der Waals surface area (Å²) < 4.78 is 0. The first-order chi connectivity index (χ1) is 13.7. The molecular formula is C22H21ClN4O. The van der Waals surface area contributed by atoms with Gasteiger partial charge in [0, 0.05) is 48.2 Å². The highest BCUT2D eigenvalue weighted by Crippen LogP contribution is 2.22. The summed E-state index contributed by atoms with van der Waals surface area (Å²) in [6, 6.07) is 14.9. The molecule has 1 aromatic heterocycles. The van der Waals surface area contributed by atoms with Crippen molar-refractivity contribution in [1.82, 2.24) is 15.3 Å². The number of hydrogen-bond donors (Lipinski definition) is 1. The molecule has 1 aliphatic rings. The van der Waals surface area contributed by atoms with E-state index in [1.807, 2.05) is 54.9 Å². The normalized spacial score (nSPS) is 13.5. The summed E-state index contributed by atoms with van der Waals surface area (Å²) in [6.07, 6.45) is 6.04. The molecule has 0 spiro atoms. The Hall–Kier alpha value is -2.92. The standard InChI is InChI=1S/C22H21ClN4O/c23-20-8-6-16(7-9-20)13-24-21(28)18-5-3-4-17(12-18)19-14-25-22(26-15-19)27-10-1-2-11-27/h3-9,12,14-15H,1-2,10-11,13H2,(H,24,28). The van der Waals surface area contributed by atoms with E-state index < -0.39 is 0 Å². The number of hydrogen-bond acceptors (Lipinski definition) is 4. The van der Waals surface area contributed by atoms with Crippen molar-refractivity contribution in [3.05, 3.63) is 77.1 Å². The minimum absolute atomic E-state index is 0.119. The third-order valence-electron chi connectivity index (χ3n) is 4.85. The van der Waals surface area contributed by atoms with E-state index >= 15 is 0 Å². The topological polar surface area (TPSA) is 58.1 Å². The summed E-state index contributed by atoms with van der Waals surface area (Å²) >= 11 is 5.89. The van der Waals surface area contributed by atoms with Crippen LogP contribution in [0.1, 0.15) is 28.8 Å². The lowest BCUT2D eigenvalue weighted by Gasteiger charge is -2.14. The quantitative estimate of drug-likeness (QED) is 0.702. The van der Waals surface area contributed by atoms with Gasteiger partial charge in [0.15, 0.2) is 0 Å². The van der Waals surface area contributed by atoms with Crippen LogP contribution in [0, 0.1) is 0 Å². The Morgan fingerprint density at radius 1 is 1.00 bits per heavy atom. The van der Waals surface area contributed by atoms with Crippen LogP contribution in [0.2, 0.25) is 5.02 Å². The molecule has 1 N–H and O–H groups in total. The highest BCUT2D eigenvalue weighted by Gasteiger charge is 2.15. The number of aromatic nitrogens is 2. The van der Waals surface area contributed by atoms with Crippen LogP contribution < -0.4 is 10.2 Å². The molecule has 0 radical (unpaired) electrons. The fourth-order valence-electron chi connectivity index (χ4n) is 3.28. The number of halogens is 1. The average molecular weight is 393 g/mol. The fourth-order valence-corrected chi connectivity index (χ4v) is 3.40. The number of amides is 1. The maximum atomic E-state index is 12.5. The van der Waals surface area contributed by atoms with Crippen LogP contribution >= 0.6 is 11.6 Å². The molecule has 2 aromatic carbocycles. The van der Waals surface area contributed by atoms with Crippen molar-refractivity contribution in [2.45, 2.75) is 19.4 Å². The van der Waals surface area contributed by atoms with E-state index in [4.69, 9.17) is 11.6 Å². The minimum Gasteiger partial charge on any atom is -0.348 e. The third-order valence-corrected chi connectivity index (χ3v) is 5.10. The second kappa shape index (κ2) is 8.40. The third kappa shape index (κ3) is 4.31. The van der Waals surface area contributed by atoms with Crippen molar-refractivity contribution < 1.29 is 4.79 Å². The van der Waals surface area contributed by atoms with Gasteiger partial charge in [-0.1, -0.05) is 35.9 Å². The largest absolute Gasteiger partial charge is 0.348 e. The molecule has 0 aliphatic carbocycles. The summed E-state index contributed by atoms with van der Waals surface area (Å²) in [4.78, 5) is 23.7. The van der Waals surface area contributed by atoms with Crippen LogP contribution in [0.5, 0.6) is 0 Å². The lowest BCUT2D eigenvalue weighted by molar-refractivity contribution is 0.0951. The molecule has 2 heterocycles. The van der Waals surface area contributed by atoms with Crippen LogP contribution in [0.15, 0.2) is 60.9 Å². The summed E-state index contributed by atoms with van der Waals surface area (Å²) in [5.74, 6) is 0.657. The van der Waals surface area contributed by atoms with Gasteiger partial charge in [0.1, 0.15) is 0 Å².